The number of aryl methyl sites for hydroxylation is 1. The van der Waals surface area contributed by atoms with Crippen LogP contribution in [-0.2, 0) is 4.79 Å². The lowest BCUT2D eigenvalue weighted by molar-refractivity contribution is -0.121. The van der Waals surface area contributed by atoms with E-state index in [2.05, 4.69) is 21.2 Å². The van der Waals surface area contributed by atoms with Gasteiger partial charge in [0.15, 0.2) is 0 Å². The second-order valence-electron chi connectivity index (χ2n) is 4.28. The largest absolute Gasteiger partial charge is 0.324 e. The maximum absolute atomic E-state index is 12.1. The van der Waals surface area contributed by atoms with Gasteiger partial charge in [-0.15, -0.1) is 0 Å². The van der Waals surface area contributed by atoms with Crippen LogP contribution in [0.5, 0.6) is 0 Å². The van der Waals surface area contributed by atoms with Crippen molar-refractivity contribution in [3.05, 3.63) is 28.2 Å². The van der Waals surface area contributed by atoms with E-state index in [9.17, 15) is 4.79 Å². The number of carbonyl (C=O) groups is 1. The lowest BCUT2D eigenvalue weighted by Gasteiger charge is -2.25. The Morgan fingerprint density at radius 3 is 2.53 bits per heavy atom. The second kappa shape index (κ2) is 5.65. The molecule has 1 aromatic rings. The predicted molar refractivity (Wildman–Crippen MR) is 75.0 cm³/mol. The molecule has 0 atom stereocenters. The second-order valence-corrected chi connectivity index (χ2v) is 5.19. The number of halogens is 1. The fourth-order valence-corrected chi connectivity index (χ4v) is 1.91. The monoisotopic (exact) mass is 298 g/mol. The quantitative estimate of drug-likeness (QED) is 0.897. The molecule has 0 aliphatic rings. The molecule has 4 heteroatoms. The van der Waals surface area contributed by atoms with E-state index < -0.39 is 5.54 Å². The predicted octanol–water partition coefficient (Wildman–Crippen LogP) is 3.21. The van der Waals surface area contributed by atoms with Gasteiger partial charge in [0.2, 0.25) is 5.91 Å². The van der Waals surface area contributed by atoms with Crippen molar-refractivity contribution >= 4 is 27.5 Å². The summed E-state index contributed by atoms with van der Waals surface area (Å²) < 4.78 is 0.939. The Bertz CT molecular complexity index is 414. The smallest absolute Gasteiger partial charge is 0.244 e. The Morgan fingerprint density at radius 1 is 1.41 bits per heavy atom. The highest BCUT2D eigenvalue weighted by Gasteiger charge is 2.30. The molecular weight excluding hydrogens is 280 g/mol. The Morgan fingerprint density at radius 2 is 2.00 bits per heavy atom. The summed E-state index contributed by atoms with van der Waals surface area (Å²) in [7, 11) is 0. The number of rotatable bonds is 4. The highest BCUT2D eigenvalue weighted by Crippen LogP contribution is 2.22. The van der Waals surface area contributed by atoms with Crippen molar-refractivity contribution in [2.45, 2.75) is 39.2 Å². The number of carbonyl (C=O) groups excluding carboxylic acids is 1. The van der Waals surface area contributed by atoms with Gasteiger partial charge in [0.1, 0.15) is 0 Å². The average molecular weight is 299 g/mol. The third kappa shape index (κ3) is 3.30. The van der Waals surface area contributed by atoms with Crippen LogP contribution < -0.4 is 11.1 Å². The number of hydrogen-bond acceptors (Lipinski definition) is 2. The third-order valence-electron chi connectivity index (χ3n) is 3.16. The molecule has 3 nitrogen and oxygen atoms in total. The molecule has 0 aromatic heterocycles. The van der Waals surface area contributed by atoms with Crippen molar-refractivity contribution in [1.82, 2.24) is 0 Å². The van der Waals surface area contributed by atoms with Gasteiger partial charge in [0, 0.05) is 10.2 Å². The first-order valence-electron chi connectivity index (χ1n) is 5.79. The molecule has 0 radical (unpaired) electrons. The molecule has 17 heavy (non-hydrogen) atoms. The highest BCUT2D eigenvalue weighted by molar-refractivity contribution is 9.10. The van der Waals surface area contributed by atoms with Gasteiger partial charge >= 0.3 is 0 Å². The molecule has 1 amide bonds. The average Bonchev–Trinajstić information content (AvgIpc) is 2.32. The van der Waals surface area contributed by atoms with Gasteiger partial charge < -0.3 is 11.1 Å². The van der Waals surface area contributed by atoms with Crippen molar-refractivity contribution in [3.8, 4) is 0 Å². The molecule has 3 N–H and O–H groups in total. The Hall–Kier alpha value is -0.870. The maximum Gasteiger partial charge on any atom is 0.244 e. The normalized spacial score (nSPS) is 11.4. The van der Waals surface area contributed by atoms with Crippen LogP contribution in [0.2, 0.25) is 0 Å². The number of benzene rings is 1. The SMILES string of the molecule is CCC(N)(CC)C(=O)Nc1cc(Br)ccc1C. The van der Waals surface area contributed by atoms with Crippen molar-refractivity contribution in [2.24, 2.45) is 5.73 Å². The Labute approximate surface area is 111 Å². The molecule has 0 fully saturated rings. The molecular formula is C13H19BrN2O. The number of anilines is 1. The van der Waals surface area contributed by atoms with Crippen LogP contribution in [0.15, 0.2) is 22.7 Å². The molecule has 0 unspecified atom stereocenters. The zero-order chi connectivity index (χ0) is 13.1. The van der Waals surface area contributed by atoms with E-state index in [0.29, 0.717) is 12.8 Å². The van der Waals surface area contributed by atoms with Crippen LogP contribution in [0.1, 0.15) is 32.3 Å². The van der Waals surface area contributed by atoms with Gasteiger partial charge in [-0.05, 0) is 37.5 Å². The van der Waals surface area contributed by atoms with Gasteiger partial charge in [-0.2, -0.15) is 0 Å². The first-order valence-corrected chi connectivity index (χ1v) is 6.58. The van der Waals surface area contributed by atoms with E-state index in [1.54, 1.807) is 0 Å². The molecule has 0 heterocycles. The van der Waals surface area contributed by atoms with E-state index in [1.807, 2.05) is 39.0 Å². The lowest BCUT2D eigenvalue weighted by Crippen LogP contribution is -2.50. The number of hydrogen-bond donors (Lipinski definition) is 2. The van der Waals surface area contributed by atoms with Gasteiger partial charge in [0.05, 0.1) is 5.54 Å². The van der Waals surface area contributed by atoms with Crippen molar-refractivity contribution in [3.63, 3.8) is 0 Å². The molecule has 0 saturated carbocycles. The van der Waals surface area contributed by atoms with Crippen LogP contribution in [0.4, 0.5) is 5.69 Å². The minimum absolute atomic E-state index is 0.122. The Balaban J connectivity index is 2.91. The van der Waals surface area contributed by atoms with Crippen molar-refractivity contribution < 1.29 is 4.79 Å². The standard InChI is InChI=1S/C13H19BrN2O/c1-4-13(15,5-2)12(17)16-11-8-10(14)7-6-9(11)3/h6-8H,4-5,15H2,1-3H3,(H,16,17). The van der Waals surface area contributed by atoms with Gasteiger partial charge in [-0.1, -0.05) is 35.8 Å². The molecule has 0 spiro atoms. The summed E-state index contributed by atoms with van der Waals surface area (Å²) in [4.78, 5) is 12.1. The topological polar surface area (TPSA) is 55.1 Å². The summed E-state index contributed by atoms with van der Waals surface area (Å²) in [6, 6.07) is 5.79. The van der Waals surface area contributed by atoms with Crippen LogP contribution in [-0.4, -0.2) is 11.4 Å². The fourth-order valence-electron chi connectivity index (χ4n) is 1.55. The summed E-state index contributed by atoms with van der Waals surface area (Å²) in [5.74, 6) is -0.122. The molecule has 0 saturated heterocycles. The number of nitrogens with two attached hydrogens (primary N) is 1. The zero-order valence-corrected chi connectivity index (χ0v) is 12.1. The van der Waals surface area contributed by atoms with Gasteiger partial charge in [-0.3, -0.25) is 4.79 Å². The molecule has 0 aliphatic heterocycles. The molecule has 1 aromatic carbocycles. The van der Waals surface area contributed by atoms with E-state index in [0.717, 1.165) is 15.7 Å². The van der Waals surface area contributed by atoms with E-state index in [-0.39, 0.29) is 5.91 Å². The highest BCUT2D eigenvalue weighted by atomic mass is 79.9. The number of amides is 1. The summed E-state index contributed by atoms with van der Waals surface area (Å²) in [5, 5.41) is 2.90. The third-order valence-corrected chi connectivity index (χ3v) is 3.66. The maximum atomic E-state index is 12.1. The first kappa shape index (κ1) is 14.2. The fraction of sp³-hybridized carbons (Fsp3) is 0.462. The van der Waals surface area contributed by atoms with Crippen LogP contribution >= 0.6 is 15.9 Å². The molecule has 0 aliphatic carbocycles. The summed E-state index contributed by atoms with van der Waals surface area (Å²) in [6.45, 7) is 5.81. The zero-order valence-electron chi connectivity index (χ0n) is 10.5. The minimum atomic E-state index is -0.783. The minimum Gasteiger partial charge on any atom is -0.324 e. The van der Waals surface area contributed by atoms with Crippen LogP contribution in [0, 0.1) is 6.92 Å². The van der Waals surface area contributed by atoms with Gasteiger partial charge in [-0.25, -0.2) is 0 Å². The summed E-state index contributed by atoms with van der Waals surface area (Å²) in [6.07, 6.45) is 1.25. The van der Waals surface area contributed by atoms with Crippen molar-refractivity contribution in [2.75, 3.05) is 5.32 Å². The van der Waals surface area contributed by atoms with E-state index in [1.165, 1.54) is 0 Å². The van der Waals surface area contributed by atoms with Gasteiger partial charge in [0.25, 0.3) is 0 Å². The summed E-state index contributed by atoms with van der Waals surface area (Å²) in [5.41, 5.74) is 7.10. The Kier molecular flexibility index (Phi) is 4.71. The van der Waals surface area contributed by atoms with Crippen LogP contribution in [0.25, 0.3) is 0 Å². The first-order chi connectivity index (χ1) is 7.92. The van der Waals surface area contributed by atoms with Crippen LogP contribution in [0.3, 0.4) is 0 Å². The molecule has 1 rings (SSSR count). The molecule has 94 valence electrons. The lowest BCUT2D eigenvalue weighted by atomic mass is 9.93. The van der Waals surface area contributed by atoms with Crippen molar-refractivity contribution in [1.29, 1.82) is 0 Å². The summed E-state index contributed by atoms with van der Waals surface area (Å²) >= 11 is 3.39. The van der Waals surface area contributed by atoms with E-state index >= 15 is 0 Å². The molecule has 0 bridgehead atoms. The van der Waals surface area contributed by atoms with E-state index in [4.69, 9.17) is 5.73 Å². The number of nitrogens with one attached hydrogen (secondary N) is 1.